The fourth-order valence-corrected chi connectivity index (χ4v) is 3.94. The largest absolute Gasteiger partial charge is 0.496 e. The van der Waals surface area contributed by atoms with Crippen LogP contribution >= 0.6 is 0 Å². The molecule has 1 heterocycles. The molecular formula is C24H21FN2O4. The van der Waals surface area contributed by atoms with Crippen LogP contribution in [0, 0.1) is 17.1 Å². The molecule has 0 spiro atoms. The fraction of sp³-hybridized carbons (Fsp3) is 0.250. The number of methoxy groups -OCH3 is 1. The van der Waals surface area contributed by atoms with Gasteiger partial charge in [-0.2, -0.15) is 5.26 Å². The third-order valence-corrected chi connectivity index (χ3v) is 5.46. The molecule has 0 bridgehead atoms. The van der Waals surface area contributed by atoms with E-state index in [4.69, 9.17) is 19.9 Å². The SMILES string of the molecule is COc1cc([C@H]2C(C#N)=C(N)OC3=C2C(=O)CCC3)ccc1COc1ccc(F)cc1. The van der Waals surface area contributed by atoms with Crippen molar-refractivity contribution in [1.29, 1.82) is 5.26 Å². The molecular weight excluding hydrogens is 399 g/mol. The molecule has 1 aliphatic carbocycles. The zero-order chi connectivity index (χ0) is 22.0. The maximum atomic E-state index is 13.1. The quantitative estimate of drug-likeness (QED) is 0.778. The van der Waals surface area contributed by atoms with Crippen LogP contribution in [0.4, 0.5) is 4.39 Å². The Bertz CT molecular complexity index is 1130. The van der Waals surface area contributed by atoms with Crippen LogP contribution in [-0.4, -0.2) is 12.9 Å². The fourth-order valence-electron chi connectivity index (χ4n) is 3.94. The summed E-state index contributed by atoms with van der Waals surface area (Å²) in [4.78, 5) is 12.7. The van der Waals surface area contributed by atoms with Crippen LogP contribution in [0.15, 0.2) is 65.3 Å². The van der Waals surface area contributed by atoms with Crippen molar-refractivity contribution < 1.29 is 23.4 Å². The lowest BCUT2D eigenvalue weighted by Gasteiger charge is -2.31. The summed E-state index contributed by atoms with van der Waals surface area (Å²) in [6, 6.07) is 13.3. The molecule has 2 N–H and O–H groups in total. The van der Waals surface area contributed by atoms with Gasteiger partial charge in [-0.05, 0) is 42.3 Å². The van der Waals surface area contributed by atoms with Gasteiger partial charge in [0.15, 0.2) is 5.78 Å². The van der Waals surface area contributed by atoms with E-state index >= 15 is 0 Å². The molecule has 2 aromatic rings. The Balaban J connectivity index is 1.67. The summed E-state index contributed by atoms with van der Waals surface area (Å²) >= 11 is 0. The number of nitriles is 1. The minimum atomic E-state index is -0.595. The van der Waals surface area contributed by atoms with Crippen molar-refractivity contribution in [1.82, 2.24) is 0 Å². The number of ether oxygens (including phenoxy) is 3. The molecule has 2 aliphatic rings. The second-order valence-corrected chi connectivity index (χ2v) is 7.35. The Morgan fingerprint density at radius 3 is 2.71 bits per heavy atom. The second kappa shape index (κ2) is 8.52. The summed E-state index contributed by atoms with van der Waals surface area (Å²) in [5.74, 6) is 0.687. The number of carbonyl (C=O) groups is 1. The molecule has 1 aliphatic heterocycles. The topological polar surface area (TPSA) is 94.6 Å². The highest BCUT2D eigenvalue weighted by Gasteiger charge is 2.38. The molecule has 7 heteroatoms. The van der Waals surface area contributed by atoms with Crippen molar-refractivity contribution in [3.63, 3.8) is 0 Å². The van der Waals surface area contributed by atoms with E-state index in [0.29, 0.717) is 47.7 Å². The van der Waals surface area contributed by atoms with Crippen molar-refractivity contribution in [2.45, 2.75) is 31.8 Å². The van der Waals surface area contributed by atoms with Crippen LogP contribution in [-0.2, 0) is 16.1 Å². The Kier molecular flexibility index (Phi) is 5.63. The first kappa shape index (κ1) is 20.5. The number of halogens is 1. The number of nitrogens with zero attached hydrogens (tertiary/aromatic N) is 1. The average molecular weight is 420 g/mol. The van der Waals surface area contributed by atoms with E-state index in [1.807, 2.05) is 12.1 Å². The highest BCUT2D eigenvalue weighted by Crippen LogP contribution is 2.44. The predicted molar refractivity (Wildman–Crippen MR) is 110 cm³/mol. The molecule has 2 aromatic carbocycles. The van der Waals surface area contributed by atoms with Gasteiger partial charge in [0, 0.05) is 24.0 Å². The summed E-state index contributed by atoms with van der Waals surface area (Å²) in [6.45, 7) is 0.207. The summed E-state index contributed by atoms with van der Waals surface area (Å²) in [6.07, 6.45) is 1.72. The van der Waals surface area contributed by atoms with Gasteiger partial charge in [-0.1, -0.05) is 12.1 Å². The lowest BCUT2D eigenvalue weighted by atomic mass is 9.77. The number of rotatable bonds is 5. The van der Waals surface area contributed by atoms with E-state index in [0.717, 1.165) is 5.56 Å². The number of hydrogen-bond acceptors (Lipinski definition) is 6. The third kappa shape index (κ3) is 3.97. The van der Waals surface area contributed by atoms with E-state index < -0.39 is 5.92 Å². The Hall–Kier alpha value is -3.79. The van der Waals surface area contributed by atoms with Crippen molar-refractivity contribution in [2.24, 2.45) is 5.73 Å². The molecule has 31 heavy (non-hydrogen) atoms. The molecule has 0 saturated carbocycles. The van der Waals surface area contributed by atoms with Gasteiger partial charge in [0.2, 0.25) is 5.88 Å². The molecule has 0 aromatic heterocycles. The summed E-state index contributed by atoms with van der Waals surface area (Å²) in [5, 5.41) is 9.70. The molecule has 6 nitrogen and oxygen atoms in total. The zero-order valence-electron chi connectivity index (χ0n) is 17.0. The first-order valence-electron chi connectivity index (χ1n) is 9.90. The number of hydrogen-bond donors (Lipinski definition) is 1. The number of benzene rings is 2. The molecule has 0 amide bonds. The summed E-state index contributed by atoms with van der Waals surface area (Å²) < 4.78 is 30.0. The van der Waals surface area contributed by atoms with Crippen LogP contribution in [0.3, 0.4) is 0 Å². The average Bonchev–Trinajstić information content (AvgIpc) is 2.78. The van der Waals surface area contributed by atoms with Crippen LogP contribution < -0.4 is 15.2 Å². The number of carbonyl (C=O) groups excluding carboxylic acids is 1. The molecule has 0 radical (unpaired) electrons. The van der Waals surface area contributed by atoms with Crippen LogP contribution in [0.5, 0.6) is 11.5 Å². The molecule has 0 saturated heterocycles. The standard InChI is InChI=1S/C24H21FN2O4/c1-29-21-11-14(5-6-15(21)13-30-17-9-7-16(25)8-10-17)22-18(12-26)24(27)31-20-4-2-3-19(28)23(20)22/h5-11,22H,2-4,13,27H2,1H3/t22-/m0/s1. The number of allylic oxidation sites excluding steroid dienone is 3. The van der Waals surface area contributed by atoms with Gasteiger partial charge in [-0.3, -0.25) is 4.79 Å². The lowest BCUT2D eigenvalue weighted by Crippen LogP contribution is -2.27. The predicted octanol–water partition coefficient (Wildman–Crippen LogP) is 4.23. The highest BCUT2D eigenvalue weighted by atomic mass is 19.1. The summed E-state index contributed by atoms with van der Waals surface area (Å²) in [5.41, 5.74) is 8.20. The number of nitrogens with two attached hydrogens (primary N) is 1. The van der Waals surface area contributed by atoms with Gasteiger partial charge in [-0.25, -0.2) is 4.39 Å². The normalized spacial score (nSPS) is 18.2. The molecule has 1 atom stereocenters. The van der Waals surface area contributed by atoms with Gasteiger partial charge in [0.05, 0.1) is 13.0 Å². The Morgan fingerprint density at radius 2 is 2.00 bits per heavy atom. The van der Waals surface area contributed by atoms with Gasteiger partial charge >= 0.3 is 0 Å². The highest BCUT2D eigenvalue weighted by molar-refractivity contribution is 5.99. The van der Waals surface area contributed by atoms with Crippen molar-refractivity contribution in [3.05, 3.63) is 82.2 Å². The van der Waals surface area contributed by atoms with E-state index in [-0.39, 0.29) is 29.7 Å². The van der Waals surface area contributed by atoms with E-state index in [2.05, 4.69) is 6.07 Å². The maximum absolute atomic E-state index is 13.1. The van der Waals surface area contributed by atoms with Crippen molar-refractivity contribution >= 4 is 5.78 Å². The van der Waals surface area contributed by atoms with Gasteiger partial charge in [0.25, 0.3) is 0 Å². The van der Waals surface area contributed by atoms with Crippen LogP contribution in [0.25, 0.3) is 0 Å². The molecule has 0 unspecified atom stereocenters. The van der Waals surface area contributed by atoms with Crippen molar-refractivity contribution in [2.75, 3.05) is 7.11 Å². The number of ketones is 1. The van der Waals surface area contributed by atoms with E-state index in [1.165, 1.54) is 19.2 Å². The zero-order valence-corrected chi connectivity index (χ0v) is 17.0. The smallest absolute Gasteiger partial charge is 0.205 e. The first-order chi connectivity index (χ1) is 15.0. The monoisotopic (exact) mass is 420 g/mol. The Morgan fingerprint density at radius 1 is 1.23 bits per heavy atom. The minimum absolute atomic E-state index is 0.0311. The van der Waals surface area contributed by atoms with E-state index in [9.17, 15) is 14.4 Å². The lowest BCUT2D eigenvalue weighted by molar-refractivity contribution is -0.116. The van der Waals surface area contributed by atoms with Gasteiger partial charge < -0.3 is 19.9 Å². The van der Waals surface area contributed by atoms with Crippen LogP contribution in [0.1, 0.15) is 36.3 Å². The Labute approximate surface area is 179 Å². The van der Waals surface area contributed by atoms with Gasteiger partial charge in [0.1, 0.15) is 41.3 Å². The molecule has 4 rings (SSSR count). The summed E-state index contributed by atoms with van der Waals surface area (Å²) in [7, 11) is 1.54. The first-order valence-corrected chi connectivity index (χ1v) is 9.90. The number of Topliss-reactive ketones (excluding diaryl/α,β-unsaturated/α-hetero) is 1. The molecule has 158 valence electrons. The third-order valence-electron chi connectivity index (χ3n) is 5.46. The van der Waals surface area contributed by atoms with Crippen LogP contribution in [0.2, 0.25) is 0 Å². The van der Waals surface area contributed by atoms with Crippen molar-refractivity contribution in [3.8, 4) is 17.6 Å². The second-order valence-electron chi connectivity index (χ2n) is 7.35. The minimum Gasteiger partial charge on any atom is -0.496 e. The maximum Gasteiger partial charge on any atom is 0.205 e. The van der Waals surface area contributed by atoms with E-state index in [1.54, 1.807) is 18.2 Å². The molecule has 0 fully saturated rings. The van der Waals surface area contributed by atoms with Gasteiger partial charge in [-0.15, -0.1) is 0 Å².